The van der Waals surface area contributed by atoms with Crippen molar-refractivity contribution >= 4 is 34.4 Å². The van der Waals surface area contributed by atoms with Crippen LogP contribution in [0.25, 0.3) is 11.0 Å². The molecule has 0 radical (unpaired) electrons. The lowest BCUT2D eigenvalue weighted by molar-refractivity contribution is 0.525. The van der Waals surface area contributed by atoms with Gasteiger partial charge in [0.25, 0.3) is 0 Å². The minimum atomic E-state index is -0.0658. The molecule has 2 nitrogen and oxygen atoms in total. The number of aromatic nitrogens is 2. The Labute approximate surface area is 130 Å². The van der Waals surface area contributed by atoms with Gasteiger partial charge in [0.05, 0.1) is 16.4 Å². The van der Waals surface area contributed by atoms with Gasteiger partial charge in [0.15, 0.2) is 0 Å². The minimum Gasteiger partial charge on any atom is -0.324 e. The van der Waals surface area contributed by atoms with Crippen molar-refractivity contribution in [2.75, 3.05) is 11.5 Å². The molecule has 0 aliphatic carbocycles. The fraction of sp³-hybridized carbons (Fsp3) is 0.562. The average Bonchev–Trinajstić information content (AvgIpc) is 2.77. The number of nitrogens with zero attached hydrogens (tertiary/aromatic N) is 2. The van der Waals surface area contributed by atoms with E-state index in [1.54, 1.807) is 0 Å². The summed E-state index contributed by atoms with van der Waals surface area (Å²) < 4.78 is 2.33. The van der Waals surface area contributed by atoms with E-state index in [1.165, 1.54) is 22.6 Å². The molecular weight excluding hydrogens is 288 g/mol. The van der Waals surface area contributed by atoms with Gasteiger partial charge in [0.2, 0.25) is 0 Å². The molecule has 0 fully saturated rings. The van der Waals surface area contributed by atoms with Crippen LogP contribution >= 0.6 is 23.4 Å². The van der Waals surface area contributed by atoms with Crippen LogP contribution in [0.1, 0.15) is 50.0 Å². The predicted molar refractivity (Wildman–Crippen MR) is 91.1 cm³/mol. The van der Waals surface area contributed by atoms with Crippen LogP contribution in [0.4, 0.5) is 0 Å². The maximum absolute atomic E-state index is 6.34. The summed E-state index contributed by atoms with van der Waals surface area (Å²) in [6.07, 6.45) is 1.15. The third-order valence-electron chi connectivity index (χ3n) is 3.55. The lowest BCUT2D eigenvalue weighted by Gasteiger charge is -2.18. The monoisotopic (exact) mass is 310 g/mol. The van der Waals surface area contributed by atoms with E-state index in [0.717, 1.165) is 17.8 Å². The first-order chi connectivity index (χ1) is 9.54. The highest BCUT2D eigenvalue weighted by Crippen LogP contribution is 2.30. The normalized spacial score (nSPS) is 14.7. The van der Waals surface area contributed by atoms with Crippen molar-refractivity contribution in [3.63, 3.8) is 0 Å². The molecule has 2 rings (SSSR count). The third-order valence-corrected chi connectivity index (χ3v) is 4.68. The minimum absolute atomic E-state index is 0.0658. The van der Waals surface area contributed by atoms with E-state index in [-0.39, 0.29) is 5.38 Å². The first-order valence-corrected chi connectivity index (χ1v) is 8.84. The van der Waals surface area contributed by atoms with Crippen LogP contribution in [-0.4, -0.2) is 21.1 Å². The number of fused-ring (bicyclic) bond motifs is 1. The zero-order valence-electron chi connectivity index (χ0n) is 12.7. The van der Waals surface area contributed by atoms with Crippen LogP contribution in [-0.2, 0) is 0 Å². The Hall–Kier alpha value is -0.670. The maximum atomic E-state index is 6.34. The van der Waals surface area contributed by atoms with E-state index in [2.05, 4.69) is 43.5 Å². The quantitative estimate of drug-likeness (QED) is 0.529. The Kier molecular flexibility index (Phi) is 5.39. The molecule has 1 aromatic carbocycles. The van der Waals surface area contributed by atoms with Crippen LogP contribution in [0, 0.1) is 6.92 Å². The van der Waals surface area contributed by atoms with Crippen molar-refractivity contribution in [1.82, 2.24) is 9.55 Å². The average molecular weight is 311 g/mol. The molecule has 2 unspecified atom stereocenters. The molecule has 0 aliphatic rings. The Morgan fingerprint density at radius 2 is 2.10 bits per heavy atom. The van der Waals surface area contributed by atoms with Crippen molar-refractivity contribution in [2.45, 2.75) is 45.5 Å². The molecule has 0 N–H and O–H groups in total. The van der Waals surface area contributed by atoms with E-state index >= 15 is 0 Å². The zero-order chi connectivity index (χ0) is 14.7. The molecule has 1 aromatic heterocycles. The van der Waals surface area contributed by atoms with Crippen molar-refractivity contribution in [3.8, 4) is 0 Å². The van der Waals surface area contributed by atoms with Gasteiger partial charge in [-0.05, 0) is 56.4 Å². The van der Waals surface area contributed by atoms with Gasteiger partial charge in [-0.1, -0.05) is 13.0 Å². The van der Waals surface area contributed by atoms with E-state index in [9.17, 15) is 0 Å². The summed E-state index contributed by atoms with van der Waals surface area (Å²) in [5.74, 6) is 3.34. The van der Waals surface area contributed by atoms with Gasteiger partial charge in [-0.25, -0.2) is 4.98 Å². The summed E-state index contributed by atoms with van der Waals surface area (Å²) in [7, 11) is 0. The molecule has 0 saturated heterocycles. The highest BCUT2D eigenvalue weighted by Gasteiger charge is 2.18. The van der Waals surface area contributed by atoms with Crippen LogP contribution < -0.4 is 0 Å². The van der Waals surface area contributed by atoms with Crippen molar-refractivity contribution in [1.29, 1.82) is 0 Å². The molecule has 0 saturated carbocycles. The first-order valence-electron chi connectivity index (χ1n) is 7.24. The third kappa shape index (κ3) is 3.32. The number of rotatable bonds is 6. The van der Waals surface area contributed by atoms with E-state index < -0.39 is 0 Å². The van der Waals surface area contributed by atoms with Crippen LogP contribution in [0.2, 0.25) is 0 Å². The van der Waals surface area contributed by atoms with Gasteiger partial charge < -0.3 is 4.57 Å². The molecular formula is C16H23ClN2S. The molecule has 0 amide bonds. The topological polar surface area (TPSA) is 17.8 Å². The SMILES string of the molecule is CCSCCC(C)n1c(C(C)Cl)nc2ccc(C)cc21. The Morgan fingerprint density at radius 3 is 2.75 bits per heavy atom. The van der Waals surface area contributed by atoms with Gasteiger partial charge in [-0.3, -0.25) is 0 Å². The molecule has 2 atom stereocenters. The van der Waals surface area contributed by atoms with Gasteiger partial charge >= 0.3 is 0 Å². The summed E-state index contributed by atoms with van der Waals surface area (Å²) in [4.78, 5) is 4.73. The summed E-state index contributed by atoms with van der Waals surface area (Å²) >= 11 is 8.33. The number of halogens is 1. The first kappa shape index (κ1) is 15.7. The molecule has 20 heavy (non-hydrogen) atoms. The molecule has 1 heterocycles. The molecule has 0 bridgehead atoms. The lowest BCUT2D eigenvalue weighted by atomic mass is 10.2. The van der Waals surface area contributed by atoms with Crippen molar-refractivity contribution in [2.24, 2.45) is 0 Å². The van der Waals surface area contributed by atoms with Crippen LogP contribution in [0.15, 0.2) is 18.2 Å². The number of alkyl halides is 1. The Balaban J connectivity index is 2.42. The van der Waals surface area contributed by atoms with E-state index in [1.807, 2.05) is 18.7 Å². The molecule has 2 aromatic rings. The Bertz CT molecular complexity index is 577. The van der Waals surface area contributed by atoms with Gasteiger partial charge in [-0.15, -0.1) is 11.6 Å². The number of imidazole rings is 1. The van der Waals surface area contributed by atoms with E-state index in [0.29, 0.717) is 6.04 Å². The van der Waals surface area contributed by atoms with Crippen molar-refractivity contribution in [3.05, 3.63) is 29.6 Å². The summed E-state index contributed by atoms with van der Waals surface area (Å²) in [6.45, 7) is 8.60. The fourth-order valence-electron chi connectivity index (χ4n) is 2.49. The zero-order valence-corrected chi connectivity index (χ0v) is 14.3. The maximum Gasteiger partial charge on any atom is 0.127 e. The van der Waals surface area contributed by atoms with Crippen LogP contribution in [0.5, 0.6) is 0 Å². The fourth-order valence-corrected chi connectivity index (χ4v) is 3.44. The second kappa shape index (κ2) is 6.86. The summed E-state index contributed by atoms with van der Waals surface area (Å²) in [5, 5.41) is -0.0658. The number of hydrogen-bond donors (Lipinski definition) is 0. The standard InChI is InChI=1S/C16H23ClN2S/c1-5-20-9-8-12(3)19-15-10-11(2)6-7-14(15)18-16(19)13(4)17/h6-7,10,12-13H,5,8-9H2,1-4H3. The van der Waals surface area contributed by atoms with Crippen molar-refractivity contribution < 1.29 is 0 Å². The second-order valence-electron chi connectivity index (χ2n) is 5.28. The molecule has 4 heteroatoms. The summed E-state index contributed by atoms with van der Waals surface area (Å²) in [6, 6.07) is 6.85. The number of thioether (sulfide) groups is 1. The highest BCUT2D eigenvalue weighted by atomic mass is 35.5. The van der Waals surface area contributed by atoms with Crippen LogP contribution in [0.3, 0.4) is 0 Å². The molecule has 0 spiro atoms. The number of benzene rings is 1. The lowest BCUT2D eigenvalue weighted by Crippen LogP contribution is -2.11. The highest BCUT2D eigenvalue weighted by molar-refractivity contribution is 7.99. The van der Waals surface area contributed by atoms with E-state index in [4.69, 9.17) is 16.6 Å². The molecule has 0 aliphatic heterocycles. The predicted octanol–water partition coefficient (Wildman–Crippen LogP) is 5.35. The number of aryl methyl sites for hydroxylation is 1. The second-order valence-corrected chi connectivity index (χ2v) is 7.33. The smallest absolute Gasteiger partial charge is 0.127 e. The van der Waals surface area contributed by atoms with Gasteiger partial charge in [0.1, 0.15) is 5.82 Å². The van der Waals surface area contributed by atoms with Gasteiger partial charge in [0, 0.05) is 6.04 Å². The van der Waals surface area contributed by atoms with Gasteiger partial charge in [-0.2, -0.15) is 11.8 Å². The number of hydrogen-bond acceptors (Lipinski definition) is 2. The summed E-state index contributed by atoms with van der Waals surface area (Å²) in [5.41, 5.74) is 3.53. The Morgan fingerprint density at radius 1 is 1.35 bits per heavy atom. The molecule has 110 valence electrons. The largest absolute Gasteiger partial charge is 0.324 e.